The van der Waals surface area contributed by atoms with Gasteiger partial charge in [-0.15, -0.1) is 11.6 Å². The number of nitro benzene ring substituents is 1. The maximum Gasteiger partial charge on any atom is 0.269 e. The van der Waals surface area contributed by atoms with Gasteiger partial charge < -0.3 is 32.1 Å². The third-order valence-electron chi connectivity index (χ3n) is 5.33. The van der Waals surface area contributed by atoms with Crippen LogP contribution in [0.4, 0.5) is 11.5 Å². The Kier molecular flexibility index (Phi) is 27.5. The number of nitrogen functional groups attached to an aromatic ring is 1. The Hall–Kier alpha value is -3.14. The summed E-state index contributed by atoms with van der Waals surface area (Å²) in [6, 6.07) is 19.7. The number of ether oxygens (including phenoxy) is 4. The Morgan fingerprint density at radius 1 is 0.917 bits per heavy atom. The van der Waals surface area contributed by atoms with Gasteiger partial charge in [0.2, 0.25) is 5.24 Å². The molecule has 48 heavy (non-hydrogen) atoms. The van der Waals surface area contributed by atoms with Crippen LogP contribution >= 0.6 is 11.6 Å². The molecule has 0 amide bonds. The molecule has 0 atom stereocenters. The summed E-state index contributed by atoms with van der Waals surface area (Å²) in [5, 5.41) is 10.1. The number of carbonyl (C=O) groups excluding carboxylic acids is 2. The average molecular weight is 850 g/mol. The number of Topliss-reactive ketones (excluding diaryl/α,β-unsaturated/α-hetero) is 1. The van der Waals surface area contributed by atoms with Gasteiger partial charge in [0.15, 0.2) is 5.78 Å². The van der Waals surface area contributed by atoms with Crippen LogP contribution in [0.2, 0.25) is 0 Å². The summed E-state index contributed by atoms with van der Waals surface area (Å²) in [5.74, 6) is 2.86. The Bertz CT molecular complexity index is 1570. The number of anilines is 1. The van der Waals surface area contributed by atoms with Crippen LogP contribution in [0.25, 0.3) is 0 Å². The first-order chi connectivity index (χ1) is 21.0. The molecule has 0 unspecified atom stereocenters. The molecule has 1 radical (unpaired) electrons. The Morgan fingerprint density at radius 2 is 1.50 bits per heavy atom. The molecular weight excluding hydrogens is 811 g/mol. The summed E-state index contributed by atoms with van der Waals surface area (Å²) in [6.45, 7) is 3.80. The molecule has 2 heterocycles. The van der Waals surface area contributed by atoms with Crippen LogP contribution in [0, 0.1) is 37.5 Å². The number of hydrogen-bond donors (Lipinski definition) is 1. The van der Waals surface area contributed by atoms with Gasteiger partial charge in [0.1, 0.15) is 36.3 Å². The van der Waals surface area contributed by atoms with E-state index in [-0.39, 0.29) is 99.1 Å². The number of halogens is 1. The zero-order chi connectivity index (χ0) is 32.5. The van der Waals surface area contributed by atoms with Crippen LogP contribution in [0.3, 0.4) is 0 Å². The third-order valence-corrected chi connectivity index (χ3v) is 5.44. The van der Waals surface area contributed by atoms with E-state index in [0.717, 1.165) is 11.3 Å². The first-order valence-corrected chi connectivity index (χ1v) is 13.3. The van der Waals surface area contributed by atoms with Gasteiger partial charge in [0.05, 0.1) is 17.0 Å². The van der Waals surface area contributed by atoms with Crippen LogP contribution in [0.5, 0.6) is 23.0 Å². The second-order valence-electron chi connectivity index (χ2n) is 8.94. The smallest absolute Gasteiger partial charge is 0.269 e. The molecule has 2 aromatic heterocycles. The van der Waals surface area contributed by atoms with E-state index in [9.17, 15) is 19.7 Å². The quantitative estimate of drug-likeness (QED) is 0.0549. The molecule has 4 rings (SSSR count). The number of rotatable bonds is 11. The number of carbonyl (C=O) groups is 2. The number of nitrogens with zero attached hydrogens (tertiary/aromatic N) is 3. The average Bonchev–Trinajstić information content (AvgIpc) is 2.96. The summed E-state index contributed by atoms with van der Waals surface area (Å²) < 4.78 is 20.5. The van der Waals surface area contributed by atoms with E-state index in [0.29, 0.717) is 34.3 Å². The molecule has 0 spiro atoms. The molecule has 0 bridgehead atoms. The van der Waals surface area contributed by atoms with Crippen LogP contribution in [0.1, 0.15) is 24.2 Å². The predicted octanol–water partition coefficient (Wildman–Crippen LogP) is 6.89. The van der Waals surface area contributed by atoms with Crippen LogP contribution < -0.4 is 15.2 Å². The van der Waals surface area contributed by atoms with Gasteiger partial charge in [-0.3, -0.25) is 24.7 Å². The summed E-state index contributed by atoms with van der Waals surface area (Å²) in [5.41, 5.74) is 7.92. The van der Waals surface area contributed by atoms with Crippen molar-refractivity contribution in [2.75, 3.05) is 33.2 Å². The second-order valence-corrected chi connectivity index (χ2v) is 9.36. The molecule has 0 fully saturated rings. The van der Waals surface area contributed by atoms with Gasteiger partial charge in [0, 0.05) is 110 Å². The molecule has 261 valence electrons. The zero-order valence-electron chi connectivity index (χ0n) is 26.5. The number of non-ortho nitro benzene ring substituents is 1. The molecule has 0 aliphatic rings. The van der Waals surface area contributed by atoms with Crippen molar-refractivity contribution >= 4 is 34.1 Å². The molecule has 2 N–H and O–H groups in total. The van der Waals surface area contributed by atoms with Crippen molar-refractivity contribution in [1.82, 2.24) is 9.97 Å². The van der Waals surface area contributed by atoms with Crippen molar-refractivity contribution in [2.45, 2.75) is 27.7 Å². The summed E-state index contributed by atoms with van der Waals surface area (Å²) >= 11 is 4.81. The van der Waals surface area contributed by atoms with Gasteiger partial charge in [-0.1, -0.05) is 14.4 Å². The minimum Gasteiger partial charge on any atom is -0.483 e. The minimum atomic E-state index is -0.461. The van der Waals surface area contributed by atoms with E-state index in [1.165, 1.54) is 32.5 Å². The van der Waals surface area contributed by atoms with Crippen molar-refractivity contribution in [1.29, 1.82) is 0 Å². The fraction of sp³-hybridized carbons (Fsp3) is 0.242. The number of pyridine rings is 2. The van der Waals surface area contributed by atoms with E-state index in [1.807, 2.05) is 19.1 Å². The van der Waals surface area contributed by atoms with Crippen molar-refractivity contribution in [3.63, 3.8) is 0 Å². The summed E-state index contributed by atoms with van der Waals surface area (Å²) in [7, 11) is 2.92. The number of benzene rings is 2. The standard InChI is InChI=1S/C16H16NO3.C12H11N3O3.C3H5ClO2.CH4.CH3.Pd.Y/c1-12-5-3-4-6-16(12)20-15-7-8-17-13(10-15)9-14(18)11-19-2;1-8-6-9(15(16)17)2-3-11(8)18-10-4-5-14-12(13)7-10;1-6-2-3(4)5;;;;/h4-8,10H,9,11H2,1-2H3;2-7H,1H3,(H2,13,14);2H2,1H3;1H4;1H3;;/q-1;;;;-1;;. The van der Waals surface area contributed by atoms with Crippen LogP contribution in [-0.4, -0.2) is 53.4 Å². The topological polar surface area (TPSA) is 166 Å². The van der Waals surface area contributed by atoms with Crippen molar-refractivity contribution < 1.29 is 86.6 Å². The van der Waals surface area contributed by atoms with Crippen molar-refractivity contribution in [3.05, 3.63) is 113 Å². The maximum atomic E-state index is 11.5. The number of nitrogens with two attached hydrogens (primary N) is 1. The van der Waals surface area contributed by atoms with E-state index in [2.05, 4.69) is 20.8 Å². The number of aryl methyl sites for hydroxylation is 2. The van der Waals surface area contributed by atoms with Gasteiger partial charge in [-0.05, 0) is 42.3 Å². The number of hydrogen-bond acceptors (Lipinski definition) is 11. The van der Waals surface area contributed by atoms with Gasteiger partial charge >= 0.3 is 0 Å². The molecule has 0 aliphatic heterocycles. The molecular formula is C33H39ClN4O8PdY-2. The van der Waals surface area contributed by atoms with E-state index in [4.69, 9.17) is 31.5 Å². The molecule has 4 aromatic rings. The predicted molar refractivity (Wildman–Crippen MR) is 177 cm³/mol. The Morgan fingerprint density at radius 3 is 2.00 bits per heavy atom. The van der Waals surface area contributed by atoms with Crippen LogP contribution in [-0.2, 0) is 78.6 Å². The monoisotopic (exact) mass is 849 g/mol. The number of nitro groups is 1. The summed E-state index contributed by atoms with van der Waals surface area (Å²) in [6.07, 6.45) is 3.41. The maximum absolute atomic E-state index is 11.5. The fourth-order valence-electron chi connectivity index (χ4n) is 3.36. The third kappa shape index (κ3) is 19.0. The van der Waals surface area contributed by atoms with Gasteiger partial charge in [0.25, 0.3) is 5.69 Å². The molecule has 2 aromatic carbocycles. The van der Waals surface area contributed by atoms with E-state index >= 15 is 0 Å². The van der Waals surface area contributed by atoms with E-state index in [1.54, 1.807) is 49.5 Å². The normalized spacial score (nSPS) is 9.10. The first-order valence-electron chi connectivity index (χ1n) is 12.9. The van der Waals surface area contributed by atoms with Crippen LogP contribution in [0.15, 0.2) is 73.1 Å². The Balaban J connectivity index is -0.000000676. The van der Waals surface area contributed by atoms with Gasteiger partial charge in [-0.2, -0.15) is 18.2 Å². The first kappa shape index (κ1) is 49.2. The second kappa shape index (κ2) is 26.8. The number of methoxy groups -OCH3 is 2. The molecule has 15 heteroatoms. The SMILES string of the molecule is C.COCC(=O)Cc1cc(Oc2cc[c-]cc2C)ccn1.COCC(=O)Cl.Cc1cc([N+](=O)[O-])ccc1Oc1ccnc(N)c1.[CH3-].[Pd].[Y]. The summed E-state index contributed by atoms with van der Waals surface area (Å²) in [4.78, 5) is 39.4. The van der Waals surface area contributed by atoms with Crippen molar-refractivity contribution in [3.8, 4) is 23.0 Å². The number of ketones is 1. The molecule has 0 saturated carbocycles. The van der Waals surface area contributed by atoms with Crippen molar-refractivity contribution in [2.24, 2.45) is 0 Å². The molecule has 0 saturated heterocycles. The van der Waals surface area contributed by atoms with E-state index < -0.39 is 10.2 Å². The Labute approximate surface area is 325 Å². The number of aromatic nitrogens is 2. The largest absolute Gasteiger partial charge is 0.483 e. The molecule has 12 nitrogen and oxygen atoms in total. The fourth-order valence-corrected chi connectivity index (χ4v) is 3.47. The minimum absolute atomic E-state index is 0. The molecule has 0 aliphatic carbocycles. The zero-order valence-corrected chi connectivity index (χ0v) is 31.7. The van der Waals surface area contributed by atoms with Gasteiger partial charge in [-0.25, -0.2) is 4.98 Å².